The standard InChI is InChI=1S/C11H8F3N3/c1-17-9-3-2-7(6-15)4-8(9)16-10(17)5-11(12,13)14/h2-4H,5H2,1H3. The van der Waals surface area contributed by atoms with Crippen LogP contribution in [0.3, 0.4) is 0 Å². The first-order chi connectivity index (χ1) is 7.90. The number of rotatable bonds is 1. The van der Waals surface area contributed by atoms with E-state index in [4.69, 9.17) is 5.26 Å². The third-order valence-corrected chi connectivity index (χ3v) is 2.46. The molecule has 0 aliphatic carbocycles. The van der Waals surface area contributed by atoms with Gasteiger partial charge in [-0.1, -0.05) is 0 Å². The van der Waals surface area contributed by atoms with Crippen molar-refractivity contribution in [1.82, 2.24) is 9.55 Å². The van der Waals surface area contributed by atoms with E-state index in [0.29, 0.717) is 16.6 Å². The number of benzene rings is 1. The van der Waals surface area contributed by atoms with Crippen LogP contribution in [-0.4, -0.2) is 15.7 Å². The van der Waals surface area contributed by atoms with Gasteiger partial charge in [0.1, 0.15) is 12.2 Å². The van der Waals surface area contributed by atoms with E-state index >= 15 is 0 Å². The minimum atomic E-state index is -4.28. The van der Waals surface area contributed by atoms with Gasteiger partial charge in [-0.25, -0.2) is 4.98 Å². The Morgan fingerprint density at radius 3 is 2.71 bits per heavy atom. The highest BCUT2D eigenvalue weighted by Crippen LogP contribution is 2.23. The van der Waals surface area contributed by atoms with Gasteiger partial charge in [0, 0.05) is 7.05 Å². The average Bonchev–Trinajstić information content (AvgIpc) is 2.53. The summed E-state index contributed by atoms with van der Waals surface area (Å²) in [5, 5.41) is 8.70. The molecule has 0 atom stereocenters. The second kappa shape index (κ2) is 3.77. The number of hydrogen-bond donors (Lipinski definition) is 0. The fraction of sp³-hybridized carbons (Fsp3) is 0.273. The van der Waals surface area contributed by atoms with E-state index in [9.17, 15) is 13.2 Å². The molecule has 1 aromatic carbocycles. The second-order valence-corrected chi connectivity index (χ2v) is 3.69. The highest BCUT2D eigenvalue weighted by atomic mass is 19.4. The van der Waals surface area contributed by atoms with E-state index in [1.807, 2.05) is 6.07 Å². The SMILES string of the molecule is Cn1c(CC(F)(F)F)nc2cc(C#N)ccc21. The van der Waals surface area contributed by atoms with E-state index in [-0.39, 0.29) is 5.82 Å². The van der Waals surface area contributed by atoms with Gasteiger partial charge >= 0.3 is 6.18 Å². The molecular weight excluding hydrogens is 231 g/mol. The number of aryl methyl sites for hydroxylation is 1. The molecule has 3 nitrogen and oxygen atoms in total. The van der Waals surface area contributed by atoms with Crippen molar-refractivity contribution in [2.45, 2.75) is 12.6 Å². The molecule has 2 rings (SSSR count). The van der Waals surface area contributed by atoms with E-state index in [1.54, 1.807) is 12.1 Å². The monoisotopic (exact) mass is 239 g/mol. The summed E-state index contributed by atoms with van der Waals surface area (Å²) in [6.07, 6.45) is -5.35. The zero-order chi connectivity index (χ0) is 12.6. The molecule has 17 heavy (non-hydrogen) atoms. The molecule has 0 aliphatic rings. The zero-order valence-corrected chi connectivity index (χ0v) is 8.91. The fourth-order valence-electron chi connectivity index (χ4n) is 1.66. The molecule has 0 saturated carbocycles. The molecule has 6 heteroatoms. The van der Waals surface area contributed by atoms with Crippen molar-refractivity contribution in [3.05, 3.63) is 29.6 Å². The molecule has 0 amide bonds. The summed E-state index contributed by atoms with van der Waals surface area (Å²) < 4.78 is 38.3. The van der Waals surface area contributed by atoms with Crippen molar-refractivity contribution in [3.8, 4) is 6.07 Å². The number of imidazole rings is 1. The van der Waals surface area contributed by atoms with Crippen molar-refractivity contribution in [2.75, 3.05) is 0 Å². The quantitative estimate of drug-likeness (QED) is 0.767. The maximum absolute atomic E-state index is 12.3. The first-order valence-corrected chi connectivity index (χ1v) is 4.83. The Labute approximate surface area is 95.1 Å². The number of nitrogens with zero attached hydrogens (tertiary/aromatic N) is 3. The van der Waals surface area contributed by atoms with Crippen molar-refractivity contribution in [1.29, 1.82) is 5.26 Å². The van der Waals surface area contributed by atoms with E-state index in [1.165, 1.54) is 17.7 Å². The largest absolute Gasteiger partial charge is 0.396 e. The number of alkyl halides is 3. The predicted molar refractivity (Wildman–Crippen MR) is 55.2 cm³/mol. The van der Waals surface area contributed by atoms with Crippen LogP contribution in [0.1, 0.15) is 11.4 Å². The molecule has 0 spiro atoms. The molecule has 0 unspecified atom stereocenters. The molecule has 88 valence electrons. The van der Waals surface area contributed by atoms with Gasteiger partial charge in [0.2, 0.25) is 0 Å². The zero-order valence-electron chi connectivity index (χ0n) is 8.91. The predicted octanol–water partition coefficient (Wildman–Crippen LogP) is 2.55. The van der Waals surface area contributed by atoms with Crippen molar-refractivity contribution < 1.29 is 13.2 Å². The van der Waals surface area contributed by atoms with Crippen LogP contribution in [0.25, 0.3) is 11.0 Å². The van der Waals surface area contributed by atoms with Crippen LogP contribution < -0.4 is 0 Å². The Hall–Kier alpha value is -2.03. The number of hydrogen-bond acceptors (Lipinski definition) is 2. The maximum Gasteiger partial charge on any atom is 0.396 e. The van der Waals surface area contributed by atoms with Gasteiger partial charge in [-0.3, -0.25) is 0 Å². The van der Waals surface area contributed by atoms with Gasteiger partial charge in [0.15, 0.2) is 0 Å². The van der Waals surface area contributed by atoms with Crippen LogP contribution in [-0.2, 0) is 13.5 Å². The average molecular weight is 239 g/mol. The lowest BCUT2D eigenvalue weighted by Crippen LogP contribution is -2.15. The van der Waals surface area contributed by atoms with Crippen LogP contribution in [0.15, 0.2) is 18.2 Å². The van der Waals surface area contributed by atoms with Gasteiger partial charge < -0.3 is 4.57 Å². The minimum absolute atomic E-state index is 0.0532. The highest BCUT2D eigenvalue weighted by Gasteiger charge is 2.30. The second-order valence-electron chi connectivity index (χ2n) is 3.69. The Morgan fingerprint density at radius 2 is 2.12 bits per heavy atom. The Balaban J connectivity index is 2.53. The topological polar surface area (TPSA) is 41.6 Å². The maximum atomic E-state index is 12.3. The summed E-state index contributed by atoms with van der Waals surface area (Å²) in [5.41, 5.74) is 1.38. The third-order valence-electron chi connectivity index (χ3n) is 2.46. The van der Waals surface area contributed by atoms with Crippen LogP contribution >= 0.6 is 0 Å². The summed E-state index contributed by atoms with van der Waals surface area (Å²) in [7, 11) is 1.53. The molecule has 1 heterocycles. The van der Waals surface area contributed by atoms with Crippen molar-refractivity contribution in [2.24, 2.45) is 7.05 Å². The Morgan fingerprint density at radius 1 is 1.41 bits per heavy atom. The van der Waals surface area contributed by atoms with Crippen LogP contribution in [0, 0.1) is 11.3 Å². The van der Waals surface area contributed by atoms with Crippen LogP contribution in [0.5, 0.6) is 0 Å². The van der Waals surface area contributed by atoms with Gasteiger partial charge in [0.25, 0.3) is 0 Å². The molecule has 0 radical (unpaired) electrons. The Kier molecular flexibility index (Phi) is 2.54. The minimum Gasteiger partial charge on any atom is -0.331 e. The van der Waals surface area contributed by atoms with E-state index < -0.39 is 12.6 Å². The lowest BCUT2D eigenvalue weighted by atomic mass is 10.2. The number of aromatic nitrogens is 2. The lowest BCUT2D eigenvalue weighted by Gasteiger charge is -2.05. The molecule has 0 aliphatic heterocycles. The smallest absolute Gasteiger partial charge is 0.331 e. The Bertz CT molecular complexity index is 605. The molecule has 2 aromatic rings. The van der Waals surface area contributed by atoms with Gasteiger partial charge in [-0.05, 0) is 18.2 Å². The van der Waals surface area contributed by atoms with Crippen LogP contribution in [0.4, 0.5) is 13.2 Å². The summed E-state index contributed by atoms with van der Waals surface area (Å²) in [6.45, 7) is 0. The first kappa shape index (κ1) is 11.5. The van der Waals surface area contributed by atoms with Gasteiger partial charge in [-0.15, -0.1) is 0 Å². The number of fused-ring (bicyclic) bond motifs is 1. The molecule has 1 aromatic heterocycles. The molecule has 0 bridgehead atoms. The number of nitriles is 1. The van der Waals surface area contributed by atoms with Crippen molar-refractivity contribution >= 4 is 11.0 Å². The number of halogens is 3. The van der Waals surface area contributed by atoms with Gasteiger partial charge in [-0.2, -0.15) is 18.4 Å². The molecule has 0 fully saturated rings. The normalized spacial score (nSPS) is 11.7. The van der Waals surface area contributed by atoms with Crippen molar-refractivity contribution in [3.63, 3.8) is 0 Å². The lowest BCUT2D eigenvalue weighted by molar-refractivity contribution is -0.128. The van der Waals surface area contributed by atoms with Crippen LogP contribution in [0.2, 0.25) is 0 Å². The third kappa shape index (κ3) is 2.23. The van der Waals surface area contributed by atoms with E-state index in [2.05, 4.69) is 4.98 Å². The summed E-state index contributed by atoms with van der Waals surface area (Å²) in [4.78, 5) is 3.90. The summed E-state index contributed by atoms with van der Waals surface area (Å²) >= 11 is 0. The molecular formula is C11H8F3N3. The highest BCUT2D eigenvalue weighted by molar-refractivity contribution is 5.77. The fourth-order valence-corrected chi connectivity index (χ4v) is 1.66. The first-order valence-electron chi connectivity index (χ1n) is 4.83. The summed E-state index contributed by atoms with van der Waals surface area (Å²) in [6, 6.07) is 6.56. The molecule has 0 N–H and O–H groups in total. The summed E-state index contributed by atoms with van der Waals surface area (Å²) in [5.74, 6) is -0.0532. The van der Waals surface area contributed by atoms with E-state index in [0.717, 1.165) is 0 Å². The molecule has 0 saturated heterocycles. The van der Waals surface area contributed by atoms with Gasteiger partial charge in [0.05, 0.1) is 22.7 Å².